The third-order valence-electron chi connectivity index (χ3n) is 7.49. The van der Waals surface area contributed by atoms with E-state index in [4.69, 9.17) is 0 Å². The number of nitro benzene ring substituents is 2. The molecule has 236 valence electrons. The molecule has 2 fully saturated rings. The van der Waals surface area contributed by atoms with Crippen LogP contribution in [-0.2, 0) is 19.2 Å². The molecule has 45 heavy (non-hydrogen) atoms. The molecule has 0 radical (unpaired) electrons. The van der Waals surface area contributed by atoms with Crippen molar-refractivity contribution in [3.8, 4) is 0 Å². The molecule has 2 heterocycles. The van der Waals surface area contributed by atoms with Crippen LogP contribution < -0.4 is 0 Å². The van der Waals surface area contributed by atoms with Gasteiger partial charge >= 0.3 is 0 Å². The first-order valence-electron chi connectivity index (χ1n) is 14.1. The second-order valence-electron chi connectivity index (χ2n) is 10.4. The minimum Gasteiger partial charge on any atom is -0.339 e. The second-order valence-corrected chi connectivity index (χ2v) is 11.5. The van der Waals surface area contributed by atoms with Gasteiger partial charge in [0.2, 0.25) is 23.6 Å². The fraction of sp³-hybridized carbons (Fsp3) is 0.333. The summed E-state index contributed by atoms with van der Waals surface area (Å²) in [6, 6.07) is 8.70. The zero-order valence-electron chi connectivity index (χ0n) is 24.8. The van der Waals surface area contributed by atoms with E-state index in [1.165, 1.54) is 62.4 Å². The van der Waals surface area contributed by atoms with Gasteiger partial charge in [-0.2, -0.15) is 0 Å². The summed E-state index contributed by atoms with van der Waals surface area (Å²) in [6.07, 6.45) is 5.58. The van der Waals surface area contributed by atoms with Crippen LogP contribution in [0.2, 0.25) is 0 Å². The summed E-state index contributed by atoms with van der Waals surface area (Å²) in [5.74, 6) is -0.654. The Morgan fingerprint density at radius 2 is 0.956 bits per heavy atom. The van der Waals surface area contributed by atoms with E-state index in [1.807, 2.05) is 0 Å². The van der Waals surface area contributed by atoms with Crippen LogP contribution in [0.5, 0.6) is 0 Å². The fourth-order valence-corrected chi connectivity index (χ4v) is 5.87. The molecule has 2 saturated heterocycles. The molecule has 14 nitrogen and oxygen atoms in total. The molecule has 0 aliphatic carbocycles. The molecule has 0 N–H and O–H groups in total. The van der Waals surface area contributed by atoms with Crippen molar-refractivity contribution >= 4 is 58.9 Å². The number of benzene rings is 2. The Hall–Kier alpha value is -5.05. The van der Waals surface area contributed by atoms with Crippen LogP contribution in [0.3, 0.4) is 0 Å². The van der Waals surface area contributed by atoms with E-state index in [1.54, 1.807) is 31.7 Å². The van der Waals surface area contributed by atoms with Crippen molar-refractivity contribution in [2.24, 2.45) is 0 Å². The maximum Gasteiger partial charge on any atom is 0.283 e. The first-order chi connectivity index (χ1) is 21.4. The first kappa shape index (κ1) is 32.9. The predicted molar refractivity (Wildman–Crippen MR) is 166 cm³/mol. The van der Waals surface area contributed by atoms with Gasteiger partial charge in [0.15, 0.2) is 0 Å². The van der Waals surface area contributed by atoms with Gasteiger partial charge in [-0.25, -0.2) is 0 Å². The average molecular weight is 637 g/mol. The van der Waals surface area contributed by atoms with Gasteiger partial charge in [0, 0.05) is 90.5 Å². The Morgan fingerprint density at radius 1 is 0.622 bits per heavy atom. The number of nitrogens with zero attached hydrogens (tertiary/aromatic N) is 6. The smallest absolute Gasteiger partial charge is 0.283 e. The molecule has 4 amide bonds. The van der Waals surface area contributed by atoms with Gasteiger partial charge in [0.25, 0.3) is 11.4 Å². The van der Waals surface area contributed by atoms with E-state index < -0.39 is 9.85 Å². The molecule has 0 atom stereocenters. The Kier molecular flexibility index (Phi) is 10.7. The highest BCUT2D eigenvalue weighted by molar-refractivity contribution is 7.99. The largest absolute Gasteiger partial charge is 0.339 e. The summed E-state index contributed by atoms with van der Waals surface area (Å²) in [5, 5.41) is 23.8. The van der Waals surface area contributed by atoms with Crippen molar-refractivity contribution in [2.45, 2.75) is 23.6 Å². The molecule has 2 aromatic carbocycles. The van der Waals surface area contributed by atoms with E-state index in [9.17, 15) is 39.4 Å². The van der Waals surface area contributed by atoms with Crippen LogP contribution in [0, 0.1) is 20.2 Å². The molecule has 15 heteroatoms. The van der Waals surface area contributed by atoms with Gasteiger partial charge in [-0.1, -0.05) is 23.9 Å². The lowest BCUT2D eigenvalue weighted by molar-refractivity contribution is -0.388. The van der Waals surface area contributed by atoms with Gasteiger partial charge < -0.3 is 19.6 Å². The van der Waals surface area contributed by atoms with Crippen LogP contribution in [0.15, 0.2) is 58.3 Å². The van der Waals surface area contributed by atoms with Crippen LogP contribution in [0.1, 0.15) is 25.0 Å². The summed E-state index contributed by atoms with van der Waals surface area (Å²) in [7, 11) is 0. The van der Waals surface area contributed by atoms with Crippen molar-refractivity contribution in [2.75, 3.05) is 52.4 Å². The van der Waals surface area contributed by atoms with Crippen molar-refractivity contribution < 1.29 is 29.0 Å². The Bertz CT molecular complexity index is 1460. The summed E-state index contributed by atoms with van der Waals surface area (Å²) >= 11 is 0.868. The molecule has 2 aliphatic rings. The van der Waals surface area contributed by atoms with Gasteiger partial charge in [-0.3, -0.25) is 39.4 Å². The maximum atomic E-state index is 12.6. The monoisotopic (exact) mass is 636 g/mol. The van der Waals surface area contributed by atoms with Gasteiger partial charge in [0.1, 0.15) is 0 Å². The summed E-state index contributed by atoms with van der Waals surface area (Å²) in [4.78, 5) is 77.7. The third kappa shape index (κ3) is 8.53. The normalized spacial score (nSPS) is 15.5. The van der Waals surface area contributed by atoms with Crippen LogP contribution in [0.4, 0.5) is 11.4 Å². The van der Waals surface area contributed by atoms with Crippen LogP contribution >= 0.6 is 11.8 Å². The average Bonchev–Trinajstić information content (AvgIpc) is 3.03. The van der Waals surface area contributed by atoms with E-state index in [0.29, 0.717) is 63.5 Å². The van der Waals surface area contributed by atoms with Gasteiger partial charge in [-0.05, 0) is 35.4 Å². The zero-order chi connectivity index (χ0) is 32.7. The number of amides is 4. The van der Waals surface area contributed by atoms with E-state index in [2.05, 4.69) is 0 Å². The van der Waals surface area contributed by atoms with E-state index in [0.717, 1.165) is 11.8 Å². The van der Waals surface area contributed by atoms with E-state index in [-0.39, 0.29) is 44.8 Å². The number of carbonyl (C=O) groups is 4. The molecule has 4 rings (SSSR count). The highest BCUT2D eigenvalue weighted by Gasteiger charge is 2.24. The fourth-order valence-electron chi connectivity index (χ4n) is 4.88. The molecule has 0 spiro atoms. The van der Waals surface area contributed by atoms with Crippen molar-refractivity contribution in [1.82, 2.24) is 19.6 Å². The Morgan fingerprint density at radius 3 is 1.27 bits per heavy atom. The summed E-state index contributed by atoms with van der Waals surface area (Å²) < 4.78 is 0. The summed E-state index contributed by atoms with van der Waals surface area (Å²) in [5.41, 5.74) is 0.255. The number of hydrogen-bond acceptors (Lipinski definition) is 9. The highest BCUT2D eigenvalue weighted by atomic mass is 32.2. The van der Waals surface area contributed by atoms with Crippen LogP contribution in [-0.4, -0.2) is 105 Å². The molecule has 2 aliphatic heterocycles. The molecule has 0 unspecified atom stereocenters. The molecular formula is C30H32N6O8S. The lowest BCUT2D eigenvalue weighted by atomic mass is 10.2. The maximum absolute atomic E-state index is 12.6. The molecule has 0 saturated carbocycles. The number of rotatable bonds is 8. The summed E-state index contributed by atoms with van der Waals surface area (Å²) in [6.45, 7) is 6.27. The number of carbonyl (C=O) groups excluding carboxylic acids is 4. The predicted octanol–water partition coefficient (Wildman–Crippen LogP) is 3.06. The van der Waals surface area contributed by atoms with Gasteiger partial charge in [-0.15, -0.1) is 0 Å². The molecule has 0 aromatic heterocycles. The standard InChI is InChI=1S/C30H32N6O8S/c1-21(37)31-11-15-33(16-12-31)29(39)9-5-23-3-7-27(25(19-23)35(41)42)45-28-8-4-24(20-26(28)36(43)44)6-10-30(40)34-17-13-32(14-18-34)22(2)38/h3-10,19-20H,11-18H2,1-2H3. The Balaban J connectivity index is 1.45. The van der Waals surface area contributed by atoms with Gasteiger partial charge in [0.05, 0.1) is 19.6 Å². The van der Waals surface area contributed by atoms with Crippen molar-refractivity contribution in [1.29, 1.82) is 0 Å². The molecule has 2 aromatic rings. The van der Waals surface area contributed by atoms with Crippen LogP contribution in [0.25, 0.3) is 12.2 Å². The third-order valence-corrected chi connectivity index (χ3v) is 8.62. The Labute approximate surface area is 263 Å². The number of nitro groups is 2. The highest BCUT2D eigenvalue weighted by Crippen LogP contribution is 2.40. The lowest BCUT2D eigenvalue weighted by Gasteiger charge is -2.33. The number of piperazine rings is 2. The SMILES string of the molecule is CC(=O)N1CCN(C(=O)C=Cc2ccc(Sc3ccc(C=CC(=O)N4CCN(C(C)=O)CC4)cc3[N+](=O)[O-])c([N+](=O)[O-])c2)CC1. The second kappa shape index (κ2) is 14.6. The first-order valence-corrected chi connectivity index (χ1v) is 14.9. The molecule has 0 bridgehead atoms. The quantitative estimate of drug-likeness (QED) is 0.240. The molecular weight excluding hydrogens is 604 g/mol. The number of hydrogen-bond donors (Lipinski definition) is 0. The topological polar surface area (TPSA) is 168 Å². The lowest BCUT2D eigenvalue weighted by Crippen LogP contribution is -2.49. The van der Waals surface area contributed by atoms with Crippen molar-refractivity contribution in [3.05, 3.63) is 79.9 Å². The minimum absolute atomic E-state index is 0.0502. The van der Waals surface area contributed by atoms with E-state index >= 15 is 0 Å². The van der Waals surface area contributed by atoms with Crippen molar-refractivity contribution in [3.63, 3.8) is 0 Å². The minimum atomic E-state index is -0.590. The zero-order valence-corrected chi connectivity index (χ0v) is 25.6.